The Morgan fingerprint density at radius 2 is 1.79 bits per heavy atom. The molecule has 8 nitrogen and oxygen atoms in total. The number of hydrogen-bond acceptors (Lipinski definition) is 7. The monoisotopic (exact) mass is 407 g/mol. The number of ether oxygens (including phenoxy) is 1. The summed E-state index contributed by atoms with van der Waals surface area (Å²) >= 11 is 6.28. The first-order chi connectivity index (χ1) is 13.6. The Kier molecular flexibility index (Phi) is 6.01. The molecule has 0 amide bonds. The summed E-state index contributed by atoms with van der Waals surface area (Å²) in [6, 6.07) is 0.679. The number of likely N-dealkylation sites (tertiary alicyclic amines) is 1. The van der Waals surface area contributed by atoms with Gasteiger partial charge in [-0.3, -0.25) is 4.90 Å². The van der Waals surface area contributed by atoms with Crippen LogP contribution >= 0.6 is 11.6 Å². The van der Waals surface area contributed by atoms with Crippen LogP contribution in [0, 0.1) is 0 Å². The van der Waals surface area contributed by atoms with Gasteiger partial charge in [0.25, 0.3) is 0 Å². The zero-order valence-corrected chi connectivity index (χ0v) is 17.8. The minimum atomic E-state index is 0.280. The molecule has 2 aliphatic heterocycles. The maximum Gasteiger partial charge on any atom is 0.226 e. The topological polar surface area (TPSA) is 62.5 Å². The summed E-state index contributed by atoms with van der Waals surface area (Å²) in [5.41, 5.74) is 1.69. The highest BCUT2D eigenvalue weighted by Gasteiger charge is 2.25. The standard InChI is InChI=1S/C19H30ClN7O/c1-4-27-15(13-25-7-5-14(6-8-25)24(2)3)21-16-17(22-19(20)23-18(16)27)26-9-11-28-12-10-26/h14H,4-13H2,1-3H3. The van der Waals surface area contributed by atoms with Crippen LogP contribution in [0.5, 0.6) is 0 Å². The van der Waals surface area contributed by atoms with Crippen LogP contribution in [0.1, 0.15) is 25.6 Å². The van der Waals surface area contributed by atoms with Crippen molar-refractivity contribution in [3.63, 3.8) is 0 Å². The van der Waals surface area contributed by atoms with Crippen molar-refractivity contribution >= 4 is 28.6 Å². The van der Waals surface area contributed by atoms with E-state index in [1.54, 1.807) is 0 Å². The number of imidazole rings is 1. The smallest absolute Gasteiger partial charge is 0.226 e. The van der Waals surface area contributed by atoms with Gasteiger partial charge in [-0.2, -0.15) is 9.97 Å². The Labute approximate surface area is 171 Å². The molecular formula is C19H30ClN7O. The number of hydrogen-bond donors (Lipinski definition) is 0. The van der Waals surface area contributed by atoms with Gasteiger partial charge >= 0.3 is 0 Å². The van der Waals surface area contributed by atoms with E-state index in [4.69, 9.17) is 21.3 Å². The van der Waals surface area contributed by atoms with Gasteiger partial charge in [0.05, 0.1) is 19.8 Å². The van der Waals surface area contributed by atoms with Crippen molar-refractivity contribution < 1.29 is 4.74 Å². The normalized spacial score (nSPS) is 19.8. The van der Waals surface area contributed by atoms with E-state index in [9.17, 15) is 0 Å². The first kappa shape index (κ1) is 19.8. The molecule has 154 valence electrons. The minimum Gasteiger partial charge on any atom is -0.378 e. The van der Waals surface area contributed by atoms with E-state index in [0.29, 0.717) is 19.3 Å². The van der Waals surface area contributed by atoms with Gasteiger partial charge in [0.2, 0.25) is 5.28 Å². The third kappa shape index (κ3) is 3.96. The zero-order chi connectivity index (χ0) is 19.7. The summed E-state index contributed by atoms with van der Waals surface area (Å²) in [6.07, 6.45) is 2.40. The molecule has 2 aliphatic rings. The molecule has 4 heterocycles. The lowest BCUT2D eigenvalue weighted by Gasteiger charge is -2.34. The van der Waals surface area contributed by atoms with Crippen molar-refractivity contribution in [3.05, 3.63) is 11.1 Å². The lowest BCUT2D eigenvalue weighted by molar-refractivity contribution is 0.122. The van der Waals surface area contributed by atoms with Crippen LogP contribution in [0.25, 0.3) is 11.2 Å². The van der Waals surface area contributed by atoms with Crippen molar-refractivity contribution in [3.8, 4) is 0 Å². The molecule has 0 aliphatic carbocycles. The summed E-state index contributed by atoms with van der Waals surface area (Å²) in [4.78, 5) is 21.1. The fourth-order valence-corrected chi connectivity index (χ4v) is 4.41. The molecule has 0 atom stereocenters. The van der Waals surface area contributed by atoms with Crippen molar-refractivity contribution in [2.45, 2.75) is 38.9 Å². The lowest BCUT2D eigenvalue weighted by Crippen LogP contribution is -2.41. The van der Waals surface area contributed by atoms with Crippen molar-refractivity contribution in [2.24, 2.45) is 0 Å². The number of halogens is 1. The van der Waals surface area contributed by atoms with Gasteiger partial charge < -0.3 is 19.1 Å². The van der Waals surface area contributed by atoms with Crippen molar-refractivity contribution in [2.75, 3.05) is 58.4 Å². The Balaban J connectivity index is 1.62. The van der Waals surface area contributed by atoms with E-state index < -0.39 is 0 Å². The van der Waals surface area contributed by atoms with Gasteiger partial charge in [0, 0.05) is 38.8 Å². The molecule has 2 aromatic rings. The summed E-state index contributed by atoms with van der Waals surface area (Å²) in [7, 11) is 4.35. The van der Waals surface area contributed by atoms with Crippen LogP contribution in [0.4, 0.5) is 5.82 Å². The lowest BCUT2D eigenvalue weighted by atomic mass is 10.0. The van der Waals surface area contributed by atoms with E-state index >= 15 is 0 Å². The third-order valence-electron chi connectivity index (χ3n) is 5.91. The number of rotatable bonds is 5. The third-order valence-corrected chi connectivity index (χ3v) is 6.08. The van der Waals surface area contributed by atoms with E-state index in [2.05, 4.69) is 50.3 Å². The quantitative estimate of drug-likeness (QED) is 0.701. The van der Waals surface area contributed by atoms with Gasteiger partial charge in [-0.05, 0) is 45.5 Å². The molecule has 2 fully saturated rings. The van der Waals surface area contributed by atoms with Crippen LogP contribution in [0.2, 0.25) is 5.28 Å². The number of aromatic nitrogens is 4. The molecule has 0 N–H and O–H groups in total. The number of nitrogens with zero attached hydrogens (tertiary/aromatic N) is 7. The number of aryl methyl sites for hydroxylation is 1. The molecule has 0 aromatic carbocycles. The second-order valence-electron chi connectivity index (χ2n) is 7.83. The highest BCUT2D eigenvalue weighted by Crippen LogP contribution is 2.27. The highest BCUT2D eigenvalue weighted by molar-refractivity contribution is 6.28. The predicted octanol–water partition coefficient (Wildman–Crippen LogP) is 1.86. The van der Waals surface area contributed by atoms with E-state index in [1.807, 2.05) is 0 Å². The number of morpholine rings is 1. The molecule has 0 unspecified atom stereocenters. The molecule has 0 spiro atoms. The molecule has 4 rings (SSSR count). The highest BCUT2D eigenvalue weighted by atomic mass is 35.5. The fraction of sp³-hybridized carbons (Fsp3) is 0.737. The van der Waals surface area contributed by atoms with Gasteiger partial charge in [0.15, 0.2) is 17.0 Å². The molecule has 2 saturated heterocycles. The number of fused-ring (bicyclic) bond motifs is 1. The largest absolute Gasteiger partial charge is 0.378 e. The average molecular weight is 408 g/mol. The van der Waals surface area contributed by atoms with E-state index in [1.165, 1.54) is 12.8 Å². The summed E-state index contributed by atoms with van der Waals surface area (Å²) in [6.45, 7) is 8.98. The summed E-state index contributed by atoms with van der Waals surface area (Å²) in [5.74, 6) is 1.88. The summed E-state index contributed by atoms with van der Waals surface area (Å²) in [5, 5.41) is 0.280. The molecular weight excluding hydrogens is 378 g/mol. The number of anilines is 1. The van der Waals surface area contributed by atoms with Crippen LogP contribution in [-0.2, 0) is 17.8 Å². The molecule has 0 saturated carbocycles. The summed E-state index contributed by atoms with van der Waals surface area (Å²) < 4.78 is 7.67. The van der Waals surface area contributed by atoms with Crippen molar-refractivity contribution in [1.82, 2.24) is 29.3 Å². The van der Waals surface area contributed by atoms with Gasteiger partial charge in [-0.1, -0.05) is 0 Å². The molecule has 28 heavy (non-hydrogen) atoms. The van der Waals surface area contributed by atoms with Crippen LogP contribution < -0.4 is 4.90 Å². The maximum absolute atomic E-state index is 6.28. The Hall–Kier alpha value is -1.48. The van der Waals surface area contributed by atoms with Crippen LogP contribution in [0.3, 0.4) is 0 Å². The molecule has 9 heteroatoms. The Morgan fingerprint density at radius 3 is 2.43 bits per heavy atom. The Morgan fingerprint density at radius 1 is 1.07 bits per heavy atom. The second-order valence-corrected chi connectivity index (χ2v) is 8.17. The first-order valence-electron chi connectivity index (χ1n) is 10.2. The van der Waals surface area contributed by atoms with Gasteiger partial charge in [-0.15, -0.1) is 0 Å². The van der Waals surface area contributed by atoms with Crippen LogP contribution in [-0.4, -0.2) is 88.8 Å². The molecule has 2 aromatic heterocycles. The first-order valence-corrected chi connectivity index (χ1v) is 10.6. The average Bonchev–Trinajstić information content (AvgIpc) is 3.05. The molecule has 0 radical (unpaired) electrons. The van der Waals surface area contributed by atoms with Crippen molar-refractivity contribution in [1.29, 1.82) is 0 Å². The van der Waals surface area contributed by atoms with Gasteiger partial charge in [-0.25, -0.2) is 4.98 Å². The minimum absolute atomic E-state index is 0.280. The maximum atomic E-state index is 6.28. The predicted molar refractivity (Wildman–Crippen MR) is 111 cm³/mol. The second kappa shape index (κ2) is 8.49. The molecule has 0 bridgehead atoms. The van der Waals surface area contributed by atoms with Gasteiger partial charge in [0.1, 0.15) is 5.82 Å². The SMILES string of the molecule is CCn1c(CN2CCC(N(C)C)CC2)nc2c(N3CCOCC3)nc(Cl)nc21. The zero-order valence-electron chi connectivity index (χ0n) is 17.1. The Bertz CT molecular complexity index is 810. The number of piperidine rings is 1. The van der Waals surface area contributed by atoms with E-state index in [-0.39, 0.29) is 5.28 Å². The van der Waals surface area contributed by atoms with Crippen LogP contribution in [0.15, 0.2) is 0 Å². The fourth-order valence-electron chi connectivity index (χ4n) is 4.25. The van der Waals surface area contributed by atoms with E-state index in [0.717, 1.165) is 62.1 Å².